The third-order valence-electron chi connectivity index (χ3n) is 6.91. The molecule has 5 rings (SSSR count). The minimum absolute atomic E-state index is 0.321. The molecule has 0 radical (unpaired) electrons. The van der Waals surface area contributed by atoms with Crippen LogP contribution in [-0.4, -0.2) is 83.1 Å². The molecule has 4 heterocycles. The van der Waals surface area contributed by atoms with Gasteiger partial charge in [0.2, 0.25) is 0 Å². The predicted octanol–water partition coefficient (Wildman–Crippen LogP) is 2.39. The Morgan fingerprint density at radius 1 is 1.24 bits per heavy atom. The van der Waals surface area contributed by atoms with Gasteiger partial charge >= 0.3 is 0 Å². The van der Waals surface area contributed by atoms with Gasteiger partial charge in [0.05, 0.1) is 22.6 Å². The van der Waals surface area contributed by atoms with Gasteiger partial charge in [-0.1, -0.05) is 6.58 Å². The number of aromatic amines is 2. The van der Waals surface area contributed by atoms with Gasteiger partial charge in [0.15, 0.2) is 5.82 Å². The number of hydrogen-bond donors (Lipinski definition) is 4. The molecular weight excluding hydrogens is 481 g/mol. The summed E-state index contributed by atoms with van der Waals surface area (Å²) in [5.41, 5.74) is 5.29. The van der Waals surface area contributed by atoms with Crippen LogP contribution in [0.3, 0.4) is 0 Å². The number of H-pyrrole nitrogens is 2. The number of nitrogens with one attached hydrogen (secondary N) is 4. The number of pyridine rings is 1. The maximum atomic E-state index is 14.6. The Balaban J connectivity index is 1.53. The Morgan fingerprint density at radius 3 is 2.82 bits per heavy atom. The zero-order chi connectivity index (χ0) is 26.6. The first-order chi connectivity index (χ1) is 18.4. The van der Waals surface area contributed by atoms with E-state index in [0.717, 1.165) is 54.5 Å². The Bertz CT molecular complexity index is 1560. The van der Waals surface area contributed by atoms with Crippen LogP contribution in [0.4, 0.5) is 10.1 Å². The van der Waals surface area contributed by atoms with Gasteiger partial charge in [-0.15, -0.1) is 0 Å². The average molecular weight is 516 g/mol. The van der Waals surface area contributed by atoms with Gasteiger partial charge in [-0.3, -0.25) is 15.1 Å². The van der Waals surface area contributed by atoms with Crippen LogP contribution >= 0.6 is 0 Å². The first-order valence-corrected chi connectivity index (χ1v) is 12.9. The van der Waals surface area contributed by atoms with Crippen molar-refractivity contribution in [1.82, 2.24) is 35.4 Å². The van der Waals surface area contributed by atoms with E-state index in [2.05, 4.69) is 53.3 Å². The molecule has 10 heteroatoms. The summed E-state index contributed by atoms with van der Waals surface area (Å²) in [6.07, 6.45) is 7.60. The second-order valence-electron chi connectivity index (χ2n) is 9.91. The number of rotatable bonds is 8. The summed E-state index contributed by atoms with van der Waals surface area (Å²) in [6.45, 7) is 7.67. The molecule has 198 valence electrons. The molecule has 3 aromatic heterocycles. The zero-order valence-corrected chi connectivity index (χ0v) is 22.1. The first-order valence-electron chi connectivity index (χ1n) is 12.9. The number of fused-ring (bicyclic) bond motifs is 1. The molecular formula is C28H34FN9. The van der Waals surface area contributed by atoms with Gasteiger partial charge in [0, 0.05) is 54.4 Å². The minimum Gasteiger partial charge on any atom is -0.384 e. The van der Waals surface area contributed by atoms with Crippen LogP contribution in [0.1, 0.15) is 12.8 Å². The lowest BCUT2D eigenvalue weighted by Crippen LogP contribution is -2.33. The van der Waals surface area contributed by atoms with Crippen LogP contribution in [0.2, 0.25) is 0 Å². The quantitative estimate of drug-likeness (QED) is 0.268. The molecule has 0 aliphatic carbocycles. The molecule has 38 heavy (non-hydrogen) atoms. The second kappa shape index (κ2) is 11.2. The van der Waals surface area contributed by atoms with Gasteiger partial charge in [-0.25, -0.2) is 9.37 Å². The Labute approximate surface area is 221 Å². The molecule has 1 aromatic carbocycles. The molecule has 1 aliphatic heterocycles. The van der Waals surface area contributed by atoms with Gasteiger partial charge in [0.25, 0.3) is 0 Å². The number of anilines is 1. The lowest BCUT2D eigenvalue weighted by molar-refractivity contribution is 0.425. The molecule has 0 atom stereocenters. The van der Waals surface area contributed by atoms with Crippen molar-refractivity contribution in [2.24, 2.45) is 10.9 Å². The van der Waals surface area contributed by atoms with Crippen molar-refractivity contribution in [3.05, 3.63) is 47.0 Å². The van der Waals surface area contributed by atoms with Crippen LogP contribution in [0, 0.1) is 11.7 Å². The summed E-state index contributed by atoms with van der Waals surface area (Å²) in [5, 5.41) is 15.8. The summed E-state index contributed by atoms with van der Waals surface area (Å²) in [6, 6.07) is 4.93. The van der Waals surface area contributed by atoms with Crippen molar-refractivity contribution >= 4 is 35.1 Å². The summed E-state index contributed by atoms with van der Waals surface area (Å²) < 4.78 is 14.6. The van der Waals surface area contributed by atoms with E-state index in [-0.39, 0.29) is 5.82 Å². The van der Waals surface area contributed by atoms with E-state index >= 15 is 0 Å². The number of hydrogen-bond acceptors (Lipinski definition) is 7. The fourth-order valence-corrected chi connectivity index (χ4v) is 4.88. The van der Waals surface area contributed by atoms with E-state index in [1.165, 1.54) is 12.1 Å². The highest BCUT2D eigenvalue weighted by atomic mass is 19.1. The maximum absolute atomic E-state index is 14.6. The van der Waals surface area contributed by atoms with E-state index in [1.54, 1.807) is 12.4 Å². The number of nitrogens with zero attached hydrogens (tertiary/aromatic N) is 5. The number of likely N-dealkylation sites (N-methyl/N-ethyl adjacent to an activating group) is 1. The molecule has 1 saturated heterocycles. The monoisotopic (exact) mass is 515 g/mol. The van der Waals surface area contributed by atoms with E-state index in [1.807, 2.05) is 27.2 Å². The van der Waals surface area contributed by atoms with E-state index in [4.69, 9.17) is 4.98 Å². The standard InChI is InChI=1S/C28H34FN9/c1-17-22(14-24(30-2)18-5-7-31-8-6-18)27(37-36-17)28-34-25-16-32-15-23(26(25)35-28)19-11-20(29)13-21(12-19)33-9-10-38(3)4/h11-16,18,31,33,36H,1,5-10H2,2-4H3,(H,34,35)/b22-14+,30-24+. The van der Waals surface area contributed by atoms with Crippen molar-refractivity contribution in [3.63, 3.8) is 0 Å². The third kappa shape index (κ3) is 5.51. The highest BCUT2D eigenvalue weighted by molar-refractivity contribution is 6.12. The van der Waals surface area contributed by atoms with Crippen molar-refractivity contribution < 1.29 is 4.39 Å². The van der Waals surface area contributed by atoms with Crippen LogP contribution < -0.4 is 21.2 Å². The summed E-state index contributed by atoms with van der Waals surface area (Å²) in [7, 11) is 5.84. The lowest BCUT2D eigenvalue weighted by atomic mass is 9.92. The highest BCUT2D eigenvalue weighted by Crippen LogP contribution is 2.30. The molecule has 0 saturated carbocycles. The molecule has 0 spiro atoms. The molecule has 1 fully saturated rings. The zero-order valence-electron chi connectivity index (χ0n) is 22.1. The van der Waals surface area contributed by atoms with Crippen molar-refractivity contribution in [2.75, 3.05) is 52.6 Å². The molecule has 0 unspecified atom stereocenters. The third-order valence-corrected chi connectivity index (χ3v) is 6.91. The number of imidazole rings is 1. The molecule has 1 aliphatic rings. The van der Waals surface area contributed by atoms with E-state index in [9.17, 15) is 4.39 Å². The van der Waals surface area contributed by atoms with E-state index in [0.29, 0.717) is 46.1 Å². The Morgan fingerprint density at radius 2 is 2.05 bits per heavy atom. The molecule has 0 amide bonds. The van der Waals surface area contributed by atoms with Crippen LogP contribution in [0.25, 0.3) is 46.3 Å². The van der Waals surface area contributed by atoms with Gasteiger partial charge in [0.1, 0.15) is 11.5 Å². The molecule has 4 aromatic rings. The normalized spacial score (nSPS) is 15.6. The number of benzene rings is 1. The molecule has 0 bridgehead atoms. The number of halogens is 1. The maximum Gasteiger partial charge on any atom is 0.159 e. The summed E-state index contributed by atoms with van der Waals surface area (Å²) >= 11 is 0. The average Bonchev–Trinajstić information content (AvgIpc) is 3.50. The lowest BCUT2D eigenvalue weighted by Gasteiger charge is -2.22. The topological polar surface area (TPSA) is 110 Å². The fraction of sp³-hybridized carbons (Fsp3) is 0.357. The predicted molar refractivity (Wildman–Crippen MR) is 152 cm³/mol. The first kappa shape index (κ1) is 25.7. The molecule has 4 N–H and O–H groups in total. The van der Waals surface area contributed by atoms with Crippen LogP contribution in [0.5, 0.6) is 0 Å². The van der Waals surface area contributed by atoms with Crippen molar-refractivity contribution in [3.8, 4) is 22.6 Å². The highest BCUT2D eigenvalue weighted by Gasteiger charge is 2.19. The van der Waals surface area contributed by atoms with Crippen LogP contribution in [0.15, 0.2) is 35.6 Å². The van der Waals surface area contributed by atoms with Crippen molar-refractivity contribution in [1.29, 1.82) is 0 Å². The van der Waals surface area contributed by atoms with Gasteiger partial charge < -0.3 is 20.5 Å². The minimum atomic E-state index is -0.321. The number of piperidine rings is 1. The van der Waals surface area contributed by atoms with Gasteiger partial charge in [-0.2, -0.15) is 5.10 Å². The van der Waals surface area contributed by atoms with Crippen molar-refractivity contribution in [2.45, 2.75) is 12.8 Å². The number of aliphatic imine (C=N–C) groups is 1. The van der Waals surface area contributed by atoms with Crippen LogP contribution in [-0.2, 0) is 0 Å². The smallest absolute Gasteiger partial charge is 0.159 e. The SMILES string of the molecule is C=c1[nH]nc(-c2nc3c(-c4cc(F)cc(NCCN(C)C)c4)cncc3[nH]2)/c1=C/C(=N\C)C1CCNCC1. The van der Waals surface area contributed by atoms with Gasteiger partial charge in [-0.05, 0) is 69.9 Å². The second-order valence-corrected chi connectivity index (χ2v) is 9.91. The summed E-state index contributed by atoms with van der Waals surface area (Å²) in [5.74, 6) is 0.661. The summed E-state index contributed by atoms with van der Waals surface area (Å²) in [4.78, 5) is 19.3. The Kier molecular flexibility index (Phi) is 7.62. The Hall–Kier alpha value is -3.89. The molecule has 9 nitrogen and oxygen atoms in total. The fourth-order valence-electron chi connectivity index (χ4n) is 4.88. The number of aromatic nitrogens is 5. The van der Waals surface area contributed by atoms with E-state index < -0.39 is 0 Å². The largest absolute Gasteiger partial charge is 0.384 e.